The molecule has 0 spiro atoms. The smallest absolute Gasteiger partial charge is 0.329 e. The minimum absolute atomic E-state index is 0.0320. The standard InChI is InChI=1S/C13H21NO3S/c15-11(10-4-2-1-3-5-10)14-13(12(16)17)6-8-18-9-7-13/h10H,1-9H2,(H,14,15)(H,16,17). The highest BCUT2D eigenvalue weighted by Crippen LogP contribution is 2.29. The number of nitrogens with one attached hydrogen (secondary N) is 1. The first-order valence-electron chi connectivity index (χ1n) is 6.77. The molecule has 5 heteroatoms. The van der Waals surface area contributed by atoms with Crippen molar-refractivity contribution in [2.75, 3.05) is 11.5 Å². The Labute approximate surface area is 112 Å². The van der Waals surface area contributed by atoms with E-state index < -0.39 is 11.5 Å². The van der Waals surface area contributed by atoms with E-state index in [1.165, 1.54) is 6.42 Å². The van der Waals surface area contributed by atoms with Crippen LogP contribution in [0.25, 0.3) is 0 Å². The van der Waals surface area contributed by atoms with Crippen LogP contribution in [-0.4, -0.2) is 34.0 Å². The van der Waals surface area contributed by atoms with Crippen LogP contribution in [-0.2, 0) is 9.59 Å². The molecule has 2 aliphatic rings. The Morgan fingerprint density at radius 1 is 1.11 bits per heavy atom. The van der Waals surface area contributed by atoms with E-state index in [0.29, 0.717) is 12.8 Å². The first kappa shape index (κ1) is 13.7. The molecule has 2 fully saturated rings. The molecule has 1 saturated heterocycles. The van der Waals surface area contributed by atoms with Crippen LogP contribution >= 0.6 is 11.8 Å². The van der Waals surface area contributed by atoms with Crippen LogP contribution in [0.1, 0.15) is 44.9 Å². The number of carbonyl (C=O) groups excluding carboxylic acids is 1. The second kappa shape index (κ2) is 5.95. The molecule has 0 unspecified atom stereocenters. The van der Waals surface area contributed by atoms with Gasteiger partial charge in [-0.15, -0.1) is 0 Å². The van der Waals surface area contributed by atoms with E-state index >= 15 is 0 Å². The molecule has 0 bridgehead atoms. The summed E-state index contributed by atoms with van der Waals surface area (Å²) in [7, 11) is 0. The Kier molecular flexibility index (Phi) is 4.54. The van der Waals surface area contributed by atoms with Crippen LogP contribution < -0.4 is 5.32 Å². The highest BCUT2D eigenvalue weighted by Gasteiger charge is 2.42. The molecule has 2 rings (SSSR count). The maximum atomic E-state index is 12.2. The summed E-state index contributed by atoms with van der Waals surface area (Å²) in [5.41, 5.74) is -1.00. The number of aliphatic carboxylic acids is 1. The Hall–Kier alpha value is -0.710. The summed E-state index contributed by atoms with van der Waals surface area (Å²) in [6, 6.07) is 0. The van der Waals surface area contributed by atoms with Gasteiger partial charge < -0.3 is 10.4 Å². The molecule has 1 aliphatic heterocycles. The van der Waals surface area contributed by atoms with Gasteiger partial charge in [-0.2, -0.15) is 11.8 Å². The van der Waals surface area contributed by atoms with E-state index in [-0.39, 0.29) is 11.8 Å². The SMILES string of the molecule is O=C(NC1(C(=O)O)CCSCC1)C1CCCCC1. The highest BCUT2D eigenvalue weighted by molar-refractivity contribution is 7.99. The summed E-state index contributed by atoms with van der Waals surface area (Å²) >= 11 is 1.76. The van der Waals surface area contributed by atoms with Gasteiger partial charge in [0, 0.05) is 5.92 Å². The number of thioether (sulfide) groups is 1. The van der Waals surface area contributed by atoms with Gasteiger partial charge in [-0.25, -0.2) is 4.79 Å². The van der Waals surface area contributed by atoms with Crippen molar-refractivity contribution < 1.29 is 14.7 Å². The van der Waals surface area contributed by atoms with Crippen molar-refractivity contribution in [2.45, 2.75) is 50.5 Å². The average molecular weight is 271 g/mol. The predicted octanol–water partition coefficient (Wildman–Crippen LogP) is 2.03. The van der Waals surface area contributed by atoms with Crippen LogP contribution in [0.15, 0.2) is 0 Å². The third-order valence-corrected chi connectivity index (χ3v) is 5.08. The number of hydrogen-bond donors (Lipinski definition) is 2. The summed E-state index contributed by atoms with van der Waals surface area (Å²) in [4.78, 5) is 23.7. The Balaban J connectivity index is 1.99. The summed E-state index contributed by atoms with van der Waals surface area (Å²) in [5, 5.41) is 12.3. The minimum atomic E-state index is -1.00. The van der Waals surface area contributed by atoms with Crippen molar-refractivity contribution >= 4 is 23.6 Å². The quantitative estimate of drug-likeness (QED) is 0.824. The van der Waals surface area contributed by atoms with E-state index in [9.17, 15) is 14.7 Å². The molecule has 0 radical (unpaired) electrons. The molecule has 102 valence electrons. The van der Waals surface area contributed by atoms with Gasteiger partial charge in [0.05, 0.1) is 0 Å². The third-order valence-electron chi connectivity index (χ3n) is 4.09. The number of carboxylic acids is 1. The highest BCUT2D eigenvalue weighted by atomic mass is 32.2. The number of amides is 1. The summed E-state index contributed by atoms with van der Waals surface area (Å²) in [6.07, 6.45) is 6.30. The van der Waals surface area contributed by atoms with Gasteiger partial charge in [-0.05, 0) is 37.2 Å². The molecule has 18 heavy (non-hydrogen) atoms. The van der Waals surface area contributed by atoms with Crippen LogP contribution in [0.5, 0.6) is 0 Å². The van der Waals surface area contributed by atoms with Crippen LogP contribution in [0, 0.1) is 5.92 Å². The molecule has 1 aliphatic carbocycles. The second-order valence-electron chi connectivity index (χ2n) is 5.32. The second-order valence-corrected chi connectivity index (χ2v) is 6.55. The van der Waals surface area contributed by atoms with Crippen LogP contribution in [0.3, 0.4) is 0 Å². The van der Waals surface area contributed by atoms with Crippen molar-refractivity contribution in [1.82, 2.24) is 5.32 Å². The molecule has 1 amide bonds. The molecule has 2 N–H and O–H groups in total. The van der Waals surface area contributed by atoms with Gasteiger partial charge in [0.2, 0.25) is 5.91 Å². The fourth-order valence-corrected chi connectivity index (χ4v) is 4.00. The molecule has 1 heterocycles. The van der Waals surface area contributed by atoms with Crippen molar-refractivity contribution in [3.05, 3.63) is 0 Å². The lowest BCUT2D eigenvalue weighted by Crippen LogP contribution is -2.57. The van der Waals surface area contributed by atoms with Crippen molar-refractivity contribution in [3.63, 3.8) is 0 Å². The zero-order chi connectivity index (χ0) is 13.0. The fourth-order valence-electron chi connectivity index (χ4n) is 2.81. The van der Waals surface area contributed by atoms with Crippen molar-refractivity contribution in [2.24, 2.45) is 5.92 Å². The molecular formula is C13H21NO3S. The van der Waals surface area contributed by atoms with Crippen LogP contribution in [0.4, 0.5) is 0 Å². The van der Waals surface area contributed by atoms with Crippen molar-refractivity contribution in [3.8, 4) is 0 Å². The Bertz CT molecular complexity index is 320. The minimum Gasteiger partial charge on any atom is -0.480 e. The summed E-state index contributed by atoms with van der Waals surface area (Å²) in [6.45, 7) is 0. The number of hydrogen-bond acceptors (Lipinski definition) is 3. The first-order chi connectivity index (χ1) is 8.64. The van der Waals surface area contributed by atoms with Gasteiger partial charge in [-0.1, -0.05) is 19.3 Å². The van der Waals surface area contributed by atoms with E-state index in [1.54, 1.807) is 11.8 Å². The van der Waals surface area contributed by atoms with E-state index in [2.05, 4.69) is 5.32 Å². The fraction of sp³-hybridized carbons (Fsp3) is 0.846. The monoisotopic (exact) mass is 271 g/mol. The number of rotatable bonds is 3. The zero-order valence-corrected chi connectivity index (χ0v) is 11.4. The van der Waals surface area contributed by atoms with E-state index in [4.69, 9.17) is 0 Å². The molecule has 0 aromatic rings. The normalized spacial score (nSPS) is 24.4. The Morgan fingerprint density at radius 2 is 1.72 bits per heavy atom. The number of carboxylic acid groups (broad SMARTS) is 1. The number of carbonyl (C=O) groups is 2. The molecule has 0 aromatic heterocycles. The molecule has 4 nitrogen and oxygen atoms in total. The Morgan fingerprint density at radius 3 is 2.28 bits per heavy atom. The summed E-state index contributed by atoms with van der Waals surface area (Å²) in [5.74, 6) is 0.759. The van der Waals surface area contributed by atoms with Gasteiger partial charge in [0.15, 0.2) is 0 Å². The van der Waals surface area contributed by atoms with Crippen molar-refractivity contribution in [1.29, 1.82) is 0 Å². The van der Waals surface area contributed by atoms with Gasteiger partial charge in [0.1, 0.15) is 5.54 Å². The van der Waals surface area contributed by atoms with Gasteiger partial charge in [0.25, 0.3) is 0 Å². The van der Waals surface area contributed by atoms with Gasteiger partial charge in [-0.3, -0.25) is 4.79 Å². The van der Waals surface area contributed by atoms with E-state index in [0.717, 1.165) is 37.2 Å². The lowest BCUT2D eigenvalue weighted by atomic mass is 9.86. The molecule has 0 atom stereocenters. The summed E-state index contributed by atoms with van der Waals surface area (Å²) < 4.78 is 0. The van der Waals surface area contributed by atoms with Crippen LogP contribution in [0.2, 0.25) is 0 Å². The zero-order valence-electron chi connectivity index (χ0n) is 10.6. The lowest BCUT2D eigenvalue weighted by molar-refractivity contribution is -0.149. The maximum absolute atomic E-state index is 12.2. The predicted molar refractivity (Wildman–Crippen MR) is 71.6 cm³/mol. The van der Waals surface area contributed by atoms with Gasteiger partial charge >= 0.3 is 5.97 Å². The average Bonchev–Trinajstić information content (AvgIpc) is 2.40. The third kappa shape index (κ3) is 2.99. The molecule has 0 aromatic carbocycles. The molecular weight excluding hydrogens is 250 g/mol. The lowest BCUT2D eigenvalue weighted by Gasteiger charge is -2.35. The largest absolute Gasteiger partial charge is 0.480 e. The topological polar surface area (TPSA) is 66.4 Å². The molecule has 1 saturated carbocycles. The first-order valence-corrected chi connectivity index (χ1v) is 7.93. The maximum Gasteiger partial charge on any atom is 0.329 e. The van der Waals surface area contributed by atoms with E-state index in [1.807, 2.05) is 0 Å².